The number of benzene rings is 2. The summed E-state index contributed by atoms with van der Waals surface area (Å²) >= 11 is 6.33. The molecule has 1 saturated heterocycles. The second-order valence-corrected chi connectivity index (χ2v) is 6.99. The van der Waals surface area contributed by atoms with Gasteiger partial charge in [0.15, 0.2) is 5.58 Å². The molecule has 1 aliphatic rings. The number of anilines is 1. The summed E-state index contributed by atoms with van der Waals surface area (Å²) in [5.74, 6) is -0.607. The maximum absolute atomic E-state index is 12.4. The van der Waals surface area contributed by atoms with Gasteiger partial charge in [-0.15, -0.1) is 0 Å². The number of oxazole rings is 1. The molecular formula is C20H17ClN2O4. The van der Waals surface area contributed by atoms with Crippen molar-refractivity contribution in [1.29, 1.82) is 0 Å². The molecule has 2 heterocycles. The highest BCUT2D eigenvalue weighted by atomic mass is 35.5. The van der Waals surface area contributed by atoms with Crippen molar-refractivity contribution in [3.05, 3.63) is 47.0 Å². The van der Waals surface area contributed by atoms with E-state index < -0.39 is 11.9 Å². The lowest BCUT2D eigenvalue weighted by atomic mass is 10.1. The van der Waals surface area contributed by atoms with E-state index in [0.29, 0.717) is 27.7 Å². The van der Waals surface area contributed by atoms with Crippen LogP contribution in [0.25, 0.3) is 22.6 Å². The molecule has 0 spiro atoms. The quantitative estimate of drug-likeness (QED) is 0.638. The molecule has 0 radical (unpaired) electrons. The monoisotopic (exact) mass is 384 g/mol. The zero-order valence-corrected chi connectivity index (χ0v) is 15.6. The van der Waals surface area contributed by atoms with Gasteiger partial charge in [-0.05, 0) is 42.8 Å². The second kappa shape index (κ2) is 6.70. The molecule has 1 atom stereocenters. The third-order valence-corrected chi connectivity index (χ3v) is 5.01. The number of carbonyl (C=O) groups excluding carboxylic acids is 2. The van der Waals surface area contributed by atoms with Crippen molar-refractivity contribution in [3.63, 3.8) is 0 Å². The maximum atomic E-state index is 12.4. The number of esters is 1. The molecule has 3 aromatic rings. The number of ether oxygens (including phenoxy) is 1. The third-order valence-electron chi connectivity index (χ3n) is 4.69. The van der Waals surface area contributed by atoms with Crippen molar-refractivity contribution in [1.82, 2.24) is 4.98 Å². The summed E-state index contributed by atoms with van der Waals surface area (Å²) in [6.07, 6.45) is 0.107. The highest BCUT2D eigenvalue weighted by molar-refractivity contribution is 6.34. The lowest BCUT2D eigenvalue weighted by molar-refractivity contribution is -0.145. The molecule has 1 amide bonds. The summed E-state index contributed by atoms with van der Waals surface area (Å²) in [5.41, 5.74) is 3.79. The molecule has 138 valence electrons. The number of methoxy groups -OCH3 is 1. The van der Waals surface area contributed by atoms with E-state index in [1.54, 1.807) is 18.2 Å². The van der Waals surface area contributed by atoms with Crippen molar-refractivity contribution in [2.24, 2.45) is 5.92 Å². The van der Waals surface area contributed by atoms with Gasteiger partial charge in [-0.25, -0.2) is 4.98 Å². The van der Waals surface area contributed by atoms with Crippen LogP contribution in [0.15, 0.2) is 40.8 Å². The van der Waals surface area contributed by atoms with Crippen LogP contribution in [0, 0.1) is 12.8 Å². The van der Waals surface area contributed by atoms with Crippen LogP contribution in [0.2, 0.25) is 5.02 Å². The van der Waals surface area contributed by atoms with Gasteiger partial charge in [0, 0.05) is 18.5 Å². The predicted octanol–water partition coefficient (Wildman–Crippen LogP) is 3.98. The molecule has 1 aromatic heterocycles. The Bertz CT molecular complexity index is 1060. The minimum absolute atomic E-state index is 0.107. The van der Waals surface area contributed by atoms with Gasteiger partial charge in [0.1, 0.15) is 5.52 Å². The number of halogens is 1. The van der Waals surface area contributed by atoms with Crippen LogP contribution in [0.1, 0.15) is 12.0 Å². The van der Waals surface area contributed by atoms with Gasteiger partial charge >= 0.3 is 5.97 Å². The number of aromatic nitrogens is 1. The molecule has 27 heavy (non-hydrogen) atoms. The van der Waals surface area contributed by atoms with E-state index in [9.17, 15) is 9.59 Å². The molecule has 6 nitrogen and oxygen atoms in total. The standard InChI is InChI=1S/C20H17ClN2O4/c1-11-3-6-17-15(7-11)22-19(27-17)12-4-5-14(21)16(8-12)23-10-13(9-18(23)24)20(25)26-2/h3-8,13H,9-10H2,1-2H3. The Balaban J connectivity index is 1.71. The first-order valence-corrected chi connectivity index (χ1v) is 8.89. The van der Waals surface area contributed by atoms with Gasteiger partial charge < -0.3 is 14.1 Å². The Labute approximate surface area is 160 Å². The Morgan fingerprint density at radius 2 is 2.11 bits per heavy atom. The number of nitrogens with zero attached hydrogens (tertiary/aromatic N) is 2. The van der Waals surface area contributed by atoms with Gasteiger partial charge in [-0.2, -0.15) is 0 Å². The van der Waals surface area contributed by atoms with E-state index >= 15 is 0 Å². The Kier molecular flexibility index (Phi) is 4.36. The van der Waals surface area contributed by atoms with Gasteiger partial charge in [-0.1, -0.05) is 17.7 Å². The first kappa shape index (κ1) is 17.5. The molecule has 0 bridgehead atoms. The highest BCUT2D eigenvalue weighted by Crippen LogP contribution is 2.35. The zero-order chi connectivity index (χ0) is 19.1. The minimum Gasteiger partial charge on any atom is -0.469 e. The fourth-order valence-corrected chi connectivity index (χ4v) is 3.50. The van der Waals surface area contributed by atoms with Gasteiger partial charge in [0.05, 0.1) is 23.7 Å². The summed E-state index contributed by atoms with van der Waals surface area (Å²) in [5, 5.41) is 0.421. The fraction of sp³-hybridized carbons (Fsp3) is 0.250. The number of amides is 1. The van der Waals surface area contributed by atoms with E-state index in [1.165, 1.54) is 12.0 Å². The van der Waals surface area contributed by atoms with Crippen LogP contribution in [-0.4, -0.2) is 30.5 Å². The molecule has 1 fully saturated rings. The number of hydrogen-bond donors (Lipinski definition) is 0. The largest absolute Gasteiger partial charge is 0.469 e. The first-order valence-electron chi connectivity index (χ1n) is 8.51. The molecule has 0 saturated carbocycles. The number of aryl methyl sites for hydroxylation is 1. The van der Waals surface area contributed by atoms with Crippen molar-refractivity contribution in [3.8, 4) is 11.5 Å². The minimum atomic E-state index is -0.491. The summed E-state index contributed by atoms with van der Waals surface area (Å²) < 4.78 is 10.6. The van der Waals surface area contributed by atoms with Crippen molar-refractivity contribution in [2.45, 2.75) is 13.3 Å². The molecule has 1 unspecified atom stereocenters. The first-order chi connectivity index (χ1) is 13.0. The molecule has 4 rings (SSSR count). The molecule has 0 N–H and O–H groups in total. The fourth-order valence-electron chi connectivity index (χ4n) is 3.28. The average molecular weight is 385 g/mol. The average Bonchev–Trinajstić information content (AvgIpc) is 3.24. The van der Waals surface area contributed by atoms with Crippen LogP contribution >= 0.6 is 11.6 Å². The highest BCUT2D eigenvalue weighted by Gasteiger charge is 2.36. The van der Waals surface area contributed by atoms with Crippen molar-refractivity contribution < 1.29 is 18.7 Å². The SMILES string of the molecule is COC(=O)C1CC(=O)N(c2cc(-c3nc4cc(C)ccc4o3)ccc2Cl)C1. The number of carbonyl (C=O) groups is 2. The van der Waals surface area contributed by atoms with E-state index in [2.05, 4.69) is 4.98 Å². The lowest BCUT2D eigenvalue weighted by Crippen LogP contribution is -2.26. The number of hydrogen-bond acceptors (Lipinski definition) is 5. The van der Waals surface area contributed by atoms with Crippen LogP contribution in [0.4, 0.5) is 5.69 Å². The van der Waals surface area contributed by atoms with Crippen LogP contribution in [0.3, 0.4) is 0 Å². The van der Waals surface area contributed by atoms with E-state index in [-0.39, 0.29) is 18.9 Å². The third kappa shape index (κ3) is 3.17. The summed E-state index contributed by atoms with van der Waals surface area (Å²) in [7, 11) is 1.32. The number of rotatable bonds is 3. The van der Waals surface area contributed by atoms with Crippen molar-refractivity contribution in [2.75, 3.05) is 18.6 Å². The summed E-state index contributed by atoms with van der Waals surface area (Å²) in [6, 6.07) is 11.0. The van der Waals surface area contributed by atoms with Gasteiger partial charge in [0.25, 0.3) is 0 Å². The van der Waals surface area contributed by atoms with E-state index in [0.717, 1.165) is 11.1 Å². The van der Waals surface area contributed by atoms with Crippen LogP contribution in [-0.2, 0) is 14.3 Å². The van der Waals surface area contributed by atoms with Gasteiger partial charge in [0.2, 0.25) is 11.8 Å². The molecule has 1 aliphatic heterocycles. The van der Waals surface area contributed by atoms with Gasteiger partial charge in [-0.3, -0.25) is 9.59 Å². The van der Waals surface area contributed by atoms with Crippen LogP contribution in [0.5, 0.6) is 0 Å². The summed E-state index contributed by atoms with van der Waals surface area (Å²) in [4.78, 5) is 30.2. The Morgan fingerprint density at radius 1 is 1.30 bits per heavy atom. The summed E-state index contributed by atoms with van der Waals surface area (Å²) in [6.45, 7) is 2.23. The van der Waals surface area contributed by atoms with Crippen molar-refractivity contribution >= 4 is 40.3 Å². The molecule has 0 aliphatic carbocycles. The van der Waals surface area contributed by atoms with E-state index in [4.69, 9.17) is 20.8 Å². The van der Waals surface area contributed by atoms with E-state index in [1.807, 2.05) is 25.1 Å². The second-order valence-electron chi connectivity index (χ2n) is 6.58. The Morgan fingerprint density at radius 3 is 2.89 bits per heavy atom. The smallest absolute Gasteiger partial charge is 0.311 e. The Hall–Kier alpha value is -2.86. The molecular weight excluding hydrogens is 368 g/mol. The number of fused-ring (bicyclic) bond motifs is 1. The molecule has 2 aromatic carbocycles. The maximum Gasteiger partial charge on any atom is 0.311 e. The predicted molar refractivity (Wildman–Crippen MR) is 102 cm³/mol. The van der Waals surface area contributed by atoms with Crippen LogP contribution < -0.4 is 4.90 Å². The topological polar surface area (TPSA) is 72.6 Å². The molecule has 7 heteroatoms. The lowest BCUT2D eigenvalue weighted by Gasteiger charge is -2.18. The zero-order valence-electron chi connectivity index (χ0n) is 14.9. The normalized spacial score (nSPS) is 16.9.